The number of hydrogen-bond donors (Lipinski definition) is 0. The predicted octanol–water partition coefficient (Wildman–Crippen LogP) is 5.62. The molecule has 40 heavy (non-hydrogen) atoms. The molecule has 0 unspecified atom stereocenters. The molecule has 1 saturated carbocycles. The maximum Gasteiger partial charge on any atom is 0.433 e. The van der Waals surface area contributed by atoms with E-state index in [1.54, 1.807) is 24.4 Å². The molecule has 7 nitrogen and oxygen atoms in total. The Morgan fingerprint density at radius 3 is 2.17 bits per heavy atom. The maximum atomic E-state index is 12.9. The predicted molar refractivity (Wildman–Crippen MR) is 143 cm³/mol. The van der Waals surface area contributed by atoms with Crippen molar-refractivity contribution in [2.24, 2.45) is 5.41 Å². The van der Waals surface area contributed by atoms with Crippen LogP contribution in [0.4, 0.5) is 18.0 Å². The Kier molecular flexibility index (Phi) is 6.38. The van der Waals surface area contributed by atoms with Crippen molar-refractivity contribution in [2.45, 2.75) is 35.7 Å². The van der Waals surface area contributed by atoms with E-state index >= 15 is 0 Å². The number of carbonyl (C=O) groups is 1. The van der Waals surface area contributed by atoms with Crippen LogP contribution in [0.1, 0.15) is 41.5 Å². The fourth-order valence-electron chi connectivity index (χ4n) is 6.06. The van der Waals surface area contributed by atoms with E-state index in [1.807, 2.05) is 15.9 Å². The van der Waals surface area contributed by atoms with Crippen molar-refractivity contribution in [3.8, 4) is 11.3 Å². The molecule has 2 aliphatic heterocycles. The van der Waals surface area contributed by atoms with Crippen LogP contribution < -0.4 is 0 Å². The Labute approximate surface area is 234 Å². The molecule has 2 aromatic heterocycles. The highest BCUT2D eigenvalue weighted by Crippen LogP contribution is 2.56. The first-order valence-corrected chi connectivity index (χ1v) is 15.1. The van der Waals surface area contributed by atoms with Crippen LogP contribution >= 0.6 is 11.6 Å². The Morgan fingerprint density at radius 1 is 0.950 bits per heavy atom. The van der Waals surface area contributed by atoms with Gasteiger partial charge in [0.2, 0.25) is 0 Å². The number of sulfone groups is 1. The zero-order valence-electron chi connectivity index (χ0n) is 21.5. The molecule has 210 valence electrons. The molecule has 3 aromatic rings. The summed E-state index contributed by atoms with van der Waals surface area (Å²) >= 11 is 6.00. The topological polar surface area (TPSA) is 83.5 Å². The number of halogens is 4. The van der Waals surface area contributed by atoms with Crippen LogP contribution in [0.15, 0.2) is 59.8 Å². The summed E-state index contributed by atoms with van der Waals surface area (Å²) in [6, 6.07) is 11.0. The highest BCUT2D eigenvalue weighted by Gasteiger charge is 2.55. The van der Waals surface area contributed by atoms with E-state index in [4.69, 9.17) is 11.6 Å². The fraction of sp³-hybridized carbons (Fsp3) is 0.393. The monoisotopic (exact) mass is 590 g/mol. The molecule has 0 N–H and O–H groups in total. The van der Waals surface area contributed by atoms with E-state index in [-0.39, 0.29) is 28.2 Å². The molecular weight excluding hydrogens is 565 g/mol. The van der Waals surface area contributed by atoms with Crippen LogP contribution in [0.25, 0.3) is 11.3 Å². The van der Waals surface area contributed by atoms with E-state index < -0.39 is 21.7 Å². The van der Waals surface area contributed by atoms with Crippen LogP contribution in [0.2, 0.25) is 5.02 Å². The standard InChI is InChI=1S/C28H26ClF3N4O3S/c1-40(38,39)24-8-21(29)4-5-22(24)23-6-2-18(11-33-23)20-13-35(14-20)26(37)36-15-27(16-36)9-19(10-27)17-3-7-25(34-12-17)28(30,31)32/h2-8,11-12,19-20H,9-10,13-16H2,1H3. The summed E-state index contributed by atoms with van der Waals surface area (Å²) < 4.78 is 62.7. The normalized spacial score (nSPS) is 19.2. The summed E-state index contributed by atoms with van der Waals surface area (Å²) in [5.41, 5.74) is 1.99. The van der Waals surface area contributed by atoms with Gasteiger partial charge in [-0.3, -0.25) is 9.97 Å². The number of hydrogen-bond acceptors (Lipinski definition) is 5. The van der Waals surface area contributed by atoms with Crippen molar-refractivity contribution < 1.29 is 26.4 Å². The van der Waals surface area contributed by atoms with Gasteiger partial charge in [0.1, 0.15) is 5.69 Å². The number of pyridine rings is 2. The van der Waals surface area contributed by atoms with Gasteiger partial charge in [-0.1, -0.05) is 29.8 Å². The van der Waals surface area contributed by atoms with Gasteiger partial charge in [-0.05, 0) is 54.2 Å². The third-order valence-corrected chi connectivity index (χ3v) is 9.63. The molecular formula is C28H26ClF3N4O3S. The number of urea groups is 1. The Balaban J connectivity index is 1.00. The van der Waals surface area contributed by atoms with Crippen LogP contribution in [-0.2, 0) is 16.0 Å². The van der Waals surface area contributed by atoms with Crippen molar-refractivity contribution in [3.63, 3.8) is 0 Å². The lowest BCUT2D eigenvalue weighted by Crippen LogP contribution is -2.67. The van der Waals surface area contributed by atoms with Gasteiger partial charge in [-0.2, -0.15) is 13.2 Å². The highest BCUT2D eigenvalue weighted by molar-refractivity contribution is 7.90. The van der Waals surface area contributed by atoms with Crippen LogP contribution in [0.5, 0.6) is 0 Å². The van der Waals surface area contributed by atoms with Crippen LogP contribution in [0.3, 0.4) is 0 Å². The van der Waals surface area contributed by atoms with E-state index in [0.717, 1.165) is 36.3 Å². The van der Waals surface area contributed by atoms with Crippen molar-refractivity contribution in [1.82, 2.24) is 19.8 Å². The average Bonchev–Trinajstić information content (AvgIpc) is 2.81. The number of benzene rings is 1. The van der Waals surface area contributed by atoms with Gasteiger partial charge in [0.25, 0.3) is 0 Å². The number of carbonyl (C=O) groups excluding carboxylic acids is 1. The van der Waals surface area contributed by atoms with E-state index in [0.29, 0.717) is 42.5 Å². The Hall–Kier alpha value is -3.18. The number of likely N-dealkylation sites (tertiary alicyclic amines) is 2. The van der Waals surface area contributed by atoms with Crippen LogP contribution in [-0.4, -0.2) is 66.7 Å². The molecule has 4 heterocycles. The molecule has 3 aliphatic rings. The molecule has 2 amide bonds. The number of nitrogens with zero attached hydrogens (tertiary/aromatic N) is 4. The van der Waals surface area contributed by atoms with Gasteiger partial charge in [-0.25, -0.2) is 13.2 Å². The second kappa shape index (κ2) is 9.44. The summed E-state index contributed by atoms with van der Waals surface area (Å²) in [6.07, 6.45) is 1.44. The smallest absolute Gasteiger partial charge is 0.323 e. The zero-order chi connectivity index (χ0) is 28.4. The second-order valence-corrected chi connectivity index (χ2v) is 13.6. The Morgan fingerprint density at radius 2 is 1.60 bits per heavy atom. The summed E-state index contributed by atoms with van der Waals surface area (Å²) in [5, 5.41) is 0.335. The molecule has 0 atom stereocenters. The molecule has 3 fully saturated rings. The minimum atomic E-state index is -4.44. The number of alkyl halides is 3. The van der Waals surface area contributed by atoms with Gasteiger partial charge < -0.3 is 9.80 Å². The fourth-order valence-corrected chi connectivity index (χ4v) is 7.21. The minimum absolute atomic E-state index is 0.00468. The first-order valence-electron chi connectivity index (χ1n) is 12.8. The molecule has 1 aliphatic carbocycles. The summed E-state index contributed by atoms with van der Waals surface area (Å²) in [7, 11) is -3.49. The lowest BCUT2D eigenvalue weighted by Gasteiger charge is -2.60. The lowest BCUT2D eigenvalue weighted by atomic mass is 9.56. The molecule has 12 heteroatoms. The first-order chi connectivity index (χ1) is 18.8. The third-order valence-electron chi connectivity index (χ3n) is 8.26. The molecule has 0 radical (unpaired) electrons. The number of rotatable bonds is 4. The van der Waals surface area contributed by atoms with Crippen molar-refractivity contribution in [1.29, 1.82) is 0 Å². The second-order valence-electron chi connectivity index (χ2n) is 11.2. The zero-order valence-corrected chi connectivity index (χ0v) is 23.1. The van der Waals surface area contributed by atoms with E-state index in [9.17, 15) is 26.4 Å². The summed E-state index contributed by atoms with van der Waals surface area (Å²) in [4.78, 5) is 24.8. The maximum absolute atomic E-state index is 12.9. The largest absolute Gasteiger partial charge is 0.433 e. The number of amides is 2. The van der Waals surface area contributed by atoms with Gasteiger partial charge in [-0.15, -0.1) is 0 Å². The third kappa shape index (κ3) is 4.94. The molecule has 1 aromatic carbocycles. The highest BCUT2D eigenvalue weighted by atomic mass is 35.5. The molecule has 2 saturated heterocycles. The van der Waals surface area contributed by atoms with Crippen molar-refractivity contribution in [2.75, 3.05) is 32.4 Å². The quantitative estimate of drug-likeness (QED) is 0.394. The van der Waals surface area contributed by atoms with Crippen molar-refractivity contribution >= 4 is 27.5 Å². The van der Waals surface area contributed by atoms with Gasteiger partial charge in [0.15, 0.2) is 9.84 Å². The molecule has 6 rings (SSSR count). The van der Waals surface area contributed by atoms with Gasteiger partial charge >= 0.3 is 12.2 Å². The molecule has 0 bridgehead atoms. The SMILES string of the molecule is CS(=O)(=O)c1cc(Cl)ccc1-c1ccc(C2CN(C(=O)N3CC4(CC(c5ccc(C(F)(F)F)nc5)C4)C3)C2)cn1. The van der Waals surface area contributed by atoms with Crippen molar-refractivity contribution in [3.05, 3.63) is 76.7 Å². The Bertz CT molecular complexity index is 1560. The molecule has 1 spiro atoms. The average molecular weight is 591 g/mol. The van der Waals surface area contributed by atoms with Gasteiger partial charge in [0, 0.05) is 66.7 Å². The summed E-state index contributed by atoms with van der Waals surface area (Å²) in [6.45, 7) is 2.49. The minimum Gasteiger partial charge on any atom is -0.323 e. The number of aromatic nitrogens is 2. The first kappa shape index (κ1) is 27.0. The lowest BCUT2D eigenvalue weighted by molar-refractivity contribution is -0.141. The van der Waals surface area contributed by atoms with Crippen LogP contribution in [0, 0.1) is 5.41 Å². The van der Waals surface area contributed by atoms with E-state index in [2.05, 4.69) is 9.97 Å². The van der Waals surface area contributed by atoms with E-state index in [1.165, 1.54) is 18.3 Å². The summed E-state index contributed by atoms with van der Waals surface area (Å²) in [5.74, 6) is 0.331. The van der Waals surface area contributed by atoms with Gasteiger partial charge in [0.05, 0.1) is 10.6 Å².